The molecule has 0 fully saturated rings. The van der Waals surface area contributed by atoms with Crippen LogP contribution in [-0.4, -0.2) is 39.6 Å². The Kier molecular flexibility index (Phi) is 6.49. The molecule has 1 aromatic heterocycles. The van der Waals surface area contributed by atoms with Crippen molar-refractivity contribution in [2.45, 2.75) is 25.6 Å². The van der Waals surface area contributed by atoms with E-state index in [4.69, 9.17) is 11.6 Å². The zero-order valence-electron chi connectivity index (χ0n) is 15.0. The van der Waals surface area contributed by atoms with E-state index in [2.05, 4.69) is 10.4 Å². The van der Waals surface area contributed by atoms with Crippen molar-refractivity contribution in [3.8, 4) is 0 Å². The van der Waals surface area contributed by atoms with Crippen molar-refractivity contribution in [3.05, 3.63) is 45.1 Å². The van der Waals surface area contributed by atoms with Gasteiger partial charge in [0.2, 0.25) is 5.91 Å². The first-order chi connectivity index (χ1) is 13.0. The number of rotatable bonds is 7. The molecule has 2 aromatic rings. The molecule has 0 radical (unpaired) electrons. The van der Waals surface area contributed by atoms with Crippen LogP contribution >= 0.6 is 11.6 Å². The molecular formula is C16H17ClF3N5O3. The lowest BCUT2D eigenvalue weighted by molar-refractivity contribution is -0.384. The highest BCUT2D eigenvalue weighted by atomic mass is 35.5. The van der Waals surface area contributed by atoms with Crippen LogP contribution in [0, 0.1) is 10.1 Å². The van der Waals surface area contributed by atoms with Gasteiger partial charge in [0.15, 0.2) is 5.82 Å². The lowest BCUT2D eigenvalue weighted by Crippen LogP contribution is -2.21. The van der Waals surface area contributed by atoms with Crippen molar-refractivity contribution >= 4 is 34.7 Å². The lowest BCUT2D eigenvalue weighted by atomic mass is 10.1. The Bertz CT molecular complexity index is 883. The maximum atomic E-state index is 12.9. The Morgan fingerprint density at radius 1 is 1.39 bits per heavy atom. The number of hydrogen-bond acceptors (Lipinski definition) is 5. The zero-order chi connectivity index (χ0) is 21.1. The maximum Gasteiger partial charge on any atom is 0.418 e. The van der Waals surface area contributed by atoms with E-state index in [1.807, 2.05) is 0 Å². The fourth-order valence-electron chi connectivity index (χ4n) is 2.34. The van der Waals surface area contributed by atoms with Crippen LogP contribution in [0.3, 0.4) is 0 Å². The number of nitro groups is 1. The average Bonchev–Trinajstić information content (AvgIpc) is 3.00. The Morgan fingerprint density at radius 2 is 2.07 bits per heavy atom. The first-order valence-corrected chi connectivity index (χ1v) is 8.42. The van der Waals surface area contributed by atoms with Gasteiger partial charge in [-0.25, -0.2) is 0 Å². The summed E-state index contributed by atoms with van der Waals surface area (Å²) >= 11 is 5.64. The Hall–Kier alpha value is -2.82. The SMILES string of the molecule is CN(C)C(=O)CCCn1ccc(Nc2cc(Cl)c(C(F)(F)F)cc2[N+](=O)[O-])n1. The van der Waals surface area contributed by atoms with Gasteiger partial charge in [-0.2, -0.15) is 18.3 Å². The van der Waals surface area contributed by atoms with E-state index < -0.39 is 27.4 Å². The van der Waals surface area contributed by atoms with Crippen LogP contribution in [0.5, 0.6) is 0 Å². The molecule has 0 atom stereocenters. The van der Waals surface area contributed by atoms with Crippen LogP contribution in [0.2, 0.25) is 5.02 Å². The van der Waals surface area contributed by atoms with Crippen molar-refractivity contribution in [2.24, 2.45) is 0 Å². The number of nitro benzene ring substituents is 1. The number of anilines is 2. The summed E-state index contributed by atoms with van der Waals surface area (Å²) in [5.41, 5.74) is -2.28. The van der Waals surface area contributed by atoms with E-state index in [9.17, 15) is 28.1 Å². The van der Waals surface area contributed by atoms with E-state index in [-0.39, 0.29) is 17.4 Å². The number of aryl methyl sites for hydroxylation is 1. The summed E-state index contributed by atoms with van der Waals surface area (Å²) in [7, 11) is 3.31. The number of amides is 1. The van der Waals surface area contributed by atoms with Crippen LogP contribution in [-0.2, 0) is 17.5 Å². The van der Waals surface area contributed by atoms with Gasteiger partial charge < -0.3 is 10.2 Å². The summed E-state index contributed by atoms with van der Waals surface area (Å²) < 4.78 is 40.2. The van der Waals surface area contributed by atoms with Crippen molar-refractivity contribution < 1.29 is 22.9 Å². The third kappa shape index (κ3) is 5.35. The minimum Gasteiger partial charge on any atom is -0.349 e. The van der Waals surface area contributed by atoms with Gasteiger partial charge in [-0.05, 0) is 12.5 Å². The molecule has 1 amide bonds. The number of carbonyl (C=O) groups is 1. The summed E-state index contributed by atoms with van der Waals surface area (Å²) in [6, 6.07) is 2.73. The summed E-state index contributed by atoms with van der Waals surface area (Å²) in [5, 5.41) is 17.2. The first kappa shape index (κ1) is 21.5. The topological polar surface area (TPSA) is 93.3 Å². The summed E-state index contributed by atoms with van der Waals surface area (Å²) in [5.74, 6) is 0.165. The third-order valence-electron chi connectivity index (χ3n) is 3.77. The first-order valence-electron chi connectivity index (χ1n) is 8.05. The van der Waals surface area contributed by atoms with Gasteiger partial charge in [0.25, 0.3) is 5.69 Å². The second-order valence-corrected chi connectivity index (χ2v) is 6.49. The van der Waals surface area contributed by atoms with Crippen molar-refractivity contribution in [1.29, 1.82) is 0 Å². The fraction of sp³-hybridized carbons (Fsp3) is 0.375. The van der Waals surface area contributed by atoms with Crippen molar-refractivity contribution in [2.75, 3.05) is 19.4 Å². The minimum absolute atomic E-state index is 0.0273. The number of nitrogens with one attached hydrogen (secondary N) is 1. The predicted molar refractivity (Wildman–Crippen MR) is 96.5 cm³/mol. The molecule has 1 heterocycles. The second-order valence-electron chi connectivity index (χ2n) is 6.08. The fourth-order valence-corrected chi connectivity index (χ4v) is 2.61. The number of aromatic nitrogens is 2. The molecule has 0 aliphatic rings. The molecular weight excluding hydrogens is 403 g/mol. The molecule has 1 aromatic carbocycles. The second kappa shape index (κ2) is 8.46. The number of benzene rings is 1. The smallest absolute Gasteiger partial charge is 0.349 e. The molecule has 2 rings (SSSR count). The van der Waals surface area contributed by atoms with Gasteiger partial charge in [0.1, 0.15) is 5.69 Å². The normalized spacial score (nSPS) is 11.4. The van der Waals surface area contributed by atoms with Gasteiger partial charge in [-0.1, -0.05) is 11.6 Å². The maximum absolute atomic E-state index is 12.9. The van der Waals surface area contributed by atoms with E-state index in [1.165, 1.54) is 15.6 Å². The van der Waals surface area contributed by atoms with E-state index >= 15 is 0 Å². The van der Waals surface area contributed by atoms with Gasteiger partial charge >= 0.3 is 6.18 Å². The quantitative estimate of drug-likeness (QED) is 0.539. The standard InChI is InChI=1S/C16H17ClF3N5O3/c1-23(2)15(26)4-3-6-24-7-5-14(22-24)21-12-9-11(17)10(16(18,19)20)8-13(12)25(27)28/h5,7-9H,3-4,6H2,1-2H3,(H,21,22). The summed E-state index contributed by atoms with van der Waals surface area (Å²) in [6.45, 7) is 0.428. The van der Waals surface area contributed by atoms with Crippen LogP contribution in [0.25, 0.3) is 0 Å². The third-order valence-corrected chi connectivity index (χ3v) is 4.08. The van der Waals surface area contributed by atoms with E-state index in [0.717, 1.165) is 6.07 Å². The molecule has 0 unspecified atom stereocenters. The number of halogens is 4. The molecule has 0 aliphatic carbocycles. The van der Waals surface area contributed by atoms with Crippen LogP contribution < -0.4 is 5.32 Å². The van der Waals surface area contributed by atoms with Crippen LogP contribution in [0.4, 0.5) is 30.4 Å². The molecule has 1 N–H and O–H groups in total. The van der Waals surface area contributed by atoms with Gasteiger partial charge in [-0.3, -0.25) is 19.6 Å². The lowest BCUT2D eigenvalue weighted by Gasteiger charge is -2.11. The minimum atomic E-state index is -4.81. The molecule has 28 heavy (non-hydrogen) atoms. The Labute approximate surface area is 163 Å². The summed E-state index contributed by atoms with van der Waals surface area (Å²) in [6.07, 6.45) is -2.37. The monoisotopic (exact) mass is 419 g/mol. The van der Waals surface area contributed by atoms with Crippen LogP contribution in [0.1, 0.15) is 18.4 Å². The molecule has 0 spiro atoms. The Morgan fingerprint density at radius 3 is 2.64 bits per heavy atom. The highest BCUT2D eigenvalue weighted by Gasteiger charge is 2.36. The number of alkyl halides is 3. The highest BCUT2D eigenvalue weighted by Crippen LogP contribution is 2.40. The summed E-state index contributed by atoms with van der Waals surface area (Å²) in [4.78, 5) is 23.2. The van der Waals surface area contributed by atoms with Gasteiger partial charge in [0, 0.05) is 45.4 Å². The Balaban J connectivity index is 2.15. The highest BCUT2D eigenvalue weighted by molar-refractivity contribution is 6.31. The largest absolute Gasteiger partial charge is 0.418 e. The molecule has 152 valence electrons. The molecule has 8 nitrogen and oxygen atoms in total. The van der Waals surface area contributed by atoms with Crippen molar-refractivity contribution in [3.63, 3.8) is 0 Å². The molecule has 12 heteroatoms. The molecule has 0 saturated carbocycles. The average molecular weight is 420 g/mol. The number of nitrogens with zero attached hydrogens (tertiary/aromatic N) is 4. The molecule has 0 saturated heterocycles. The van der Waals surface area contributed by atoms with E-state index in [1.54, 1.807) is 20.3 Å². The zero-order valence-corrected chi connectivity index (χ0v) is 15.7. The number of carbonyl (C=O) groups excluding carboxylic acids is 1. The predicted octanol–water partition coefficient (Wildman–Crippen LogP) is 4.08. The van der Waals surface area contributed by atoms with Gasteiger partial charge in [0.05, 0.1) is 15.5 Å². The molecule has 0 aliphatic heterocycles. The van der Waals surface area contributed by atoms with Crippen LogP contribution in [0.15, 0.2) is 24.4 Å². The van der Waals surface area contributed by atoms with E-state index in [0.29, 0.717) is 25.5 Å². The molecule has 0 bridgehead atoms. The number of hydrogen-bond donors (Lipinski definition) is 1. The van der Waals surface area contributed by atoms with Gasteiger partial charge in [-0.15, -0.1) is 0 Å². The van der Waals surface area contributed by atoms with Crippen molar-refractivity contribution in [1.82, 2.24) is 14.7 Å².